The Bertz CT molecular complexity index is 505. The molecule has 4 N–H and O–H groups in total. The molecule has 0 saturated heterocycles. The van der Waals surface area contributed by atoms with Crippen LogP contribution in [0.15, 0.2) is 24.4 Å². The summed E-state index contributed by atoms with van der Waals surface area (Å²) >= 11 is 0. The minimum Gasteiger partial charge on any atom is -0.382 e. The summed E-state index contributed by atoms with van der Waals surface area (Å²) in [6.45, 7) is 0.783. The SMILES string of the molecule is NCC1CCCC1Nc1ccc2[nH]ncc2c1. The van der Waals surface area contributed by atoms with Gasteiger partial charge < -0.3 is 11.1 Å². The van der Waals surface area contributed by atoms with E-state index in [2.05, 4.69) is 33.7 Å². The van der Waals surface area contributed by atoms with E-state index in [9.17, 15) is 0 Å². The molecular weight excluding hydrogens is 212 g/mol. The minimum atomic E-state index is 0.532. The molecule has 1 aromatic carbocycles. The van der Waals surface area contributed by atoms with E-state index >= 15 is 0 Å². The minimum absolute atomic E-state index is 0.532. The number of rotatable bonds is 3. The molecule has 4 nitrogen and oxygen atoms in total. The molecule has 0 radical (unpaired) electrons. The third kappa shape index (κ3) is 2.00. The average molecular weight is 230 g/mol. The van der Waals surface area contributed by atoms with Crippen molar-refractivity contribution < 1.29 is 0 Å². The van der Waals surface area contributed by atoms with Gasteiger partial charge in [0.05, 0.1) is 11.7 Å². The molecule has 1 fully saturated rings. The highest BCUT2D eigenvalue weighted by atomic mass is 15.1. The van der Waals surface area contributed by atoms with Crippen LogP contribution in [-0.2, 0) is 0 Å². The number of hydrogen-bond donors (Lipinski definition) is 3. The van der Waals surface area contributed by atoms with E-state index in [1.807, 2.05) is 6.20 Å². The highest BCUT2D eigenvalue weighted by Gasteiger charge is 2.25. The van der Waals surface area contributed by atoms with Gasteiger partial charge in [-0.05, 0) is 43.5 Å². The van der Waals surface area contributed by atoms with Gasteiger partial charge in [0.1, 0.15) is 0 Å². The summed E-state index contributed by atoms with van der Waals surface area (Å²) in [4.78, 5) is 0. The number of hydrogen-bond acceptors (Lipinski definition) is 3. The molecule has 1 aromatic heterocycles. The van der Waals surface area contributed by atoms with Gasteiger partial charge in [0.15, 0.2) is 0 Å². The number of nitrogens with one attached hydrogen (secondary N) is 2. The topological polar surface area (TPSA) is 66.7 Å². The van der Waals surface area contributed by atoms with Crippen molar-refractivity contribution in [1.29, 1.82) is 0 Å². The average Bonchev–Trinajstić information content (AvgIpc) is 2.96. The predicted molar refractivity (Wildman–Crippen MR) is 69.9 cm³/mol. The highest BCUT2D eigenvalue weighted by molar-refractivity contribution is 5.81. The quantitative estimate of drug-likeness (QED) is 0.756. The molecule has 1 aliphatic carbocycles. The van der Waals surface area contributed by atoms with Crippen LogP contribution in [0.4, 0.5) is 5.69 Å². The molecule has 0 amide bonds. The second kappa shape index (κ2) is 4.37. The van der Waals surface area contributed by atoms with Crippen LogP contribution in [0.25, 0.3) is 10.9 Å². The molecule has 3 rings (SSSR count). The lowest BCUT2D eigenvalue weighted by molar-refractivity contribution is 0.517. The Hall–Kier alpha value is -1.55. The summed E-state index contributed by atoms with van der Waals surface area (Å²) in [5.41, 5.74) is 8.05. The Balaban J connectivity index is 1.79. The zero-order valence-corrected chi connectivity index (χ0v) is 9.82. The molecule has 1 heterocycles. The van der Waals surface area contributed by atoms with Gasteiger partial charge in [-0.2, -0.15) is 5.10 Å². The van der Waals surface area contributed by atoms with Crippen molar-refractivity contribution in [2.75, 3.05) is 11.9 Å². The van der Waals surface area contributed by atoms with E-state index in [1.165, 1.54) is 24.9 Å². The molecule has 1 aliphatic rings. The van der Waals surface area contributed by atoms with Gasteiger partial charge in [-0.15, -0.1) is 0 Å². The number of nitrogens with zero attached hydrogens (tertiary/aromatic N) is 1. The molecular formula is C13H18N4. The third-order valence-corrected chi connectivity index (χ3v) is 3.75. The fourth-order valence-corrected chi connectivity index (χ4v) is 2.76. The maximum atomic E-state index is 5.80. The predicted octanol–water partition coefficient (Wildman–Crippen LogP) is 2.10. The van der Waals surface area contributed by atoms with Crippen molar-refractivity contribution in [3.63, 3.8) is 0 Å². The van der Waals surface area contributed by atoms with Crippen molar-refractivity contribution in [1.82, 2.24) is 10.2 Å². The first kappa shape index (κ1) is 10.6. The zero-order valence-electron chi connectivity index (χ0n) is 9.82. The van der Waals surface area contributed by atoms with E-state index in [0.29, 0.717) is 12.0 Å². The molecule has 17 heavy (non-hydrogen) atoms. The Labute approximate surface area is 101 Å². The molecule has 4 heteroatoms. The standard InChI is InChI=1S/C13H18N4/c14-7-9-2-1-3-12(9)16-11-4-5-13-10(6-11)8-15-17-13/h4-6,8-9,12,16H,1-3,7,14H2,(H,15,17). The Kier molecular flexibility index (Phi) is 2.73. The van der Waals surface area contributed by atoms with Crippen molar-refractivity contribution in [3.8, 4) is 0 Å². The summed E-state index contributed by atoms with van der Waals surface area (Å²) in [6.07, 6.45) is 5.62. The van der Waals surface area contributed by atoms with Crippen LogP contribution in [-0.4, -0.2) is 22.8 Å². The second-order valence-electron chi connectivity index (χ2n) is 4.85. The van der Waals surface area contributed by atoms with Gasteiger partial charge in [0.25, 0.3) is 0 Å². The Morgan fingerprint density at radius 1 is 1.41 bits per heavy atom. The zero-order chi connectivity index (χ0) is 11.7. The van der Waals surface area contributed by atoms with Gasteiger partial charge in [-0.3, -0.25) is 5.10 Å². The second-order valence-corrected chi connectivity index (χ2v) is 4.85. The number of anilines is 1. The fourth-order valence-electron chi connectivity index (χ4n) is 2.76. The van der Waals surface area contributed by atoms with Crippen LogP contribution in [0.3, 0.4) is 0 Å². The fraction of sp³-hybridized carbons (Fsp3) is 0.462. The van der Waals surface area contributed by atoms with Crippen LogP contribution in [0, 0.1) is 5.92 Å². The van der Waals surface area contributed by atoms with Crippen LogP contribution < -0.4 is 11.1 Å². The summed E-state index contributed by atoms with van der Waals surface area (Å²) in [5, 5.41) is 11.7. The van der Waals surface area contributed by atoms with Crippen molar-refractivity contribution in [2.24, 2.45) is 11.7 Å². The van der Waals surface area contributed by atoms with Gasteiger partial charge in [-0.1, -0.05) is 6.42 Å². The lowest BCUT2D eigenvalue weighted by atomic mass is 10.0. The lowest BCUT2D eigenvalue weighted by Gasteiger charge is -2.20. The van der Waals surface area contributed by atoms with Crippen LogP contribution in [0.1, 0.15) is 19.3 Å². The monoisotopic (exact) mass is 230 g/mol. The first-order chi connectivity index (χ1) is 8.36. The Morgan fingerprint density at radius 2 is 2.35 bits per heavy atom. The van der Waals surface area contributed by atoms with Crippen molar-refractivity contribution in [3.05, 3.63) is 24.4 Å². The maximum Gasteiger partial charge on any atom is 0.0651 e. The molecule has 2 aromatic rings. The van der Waals surface area contributed by atoms with E-state index in [-0.39, 0.29) is 0 Å². The molecule has 0 bridgehead atoms. The summed E-state index contributed by atoms with van der Waals surface area (Å²) in [6, 6.07) is 6.85. The number of fused-ring (bicyclic) bond motifs is 1. The van der Waals surface area contributed by atoms with Crippen LogP contribution >= 0.6 is 0 Å². The number of aromatic amines is 1. The molecule has 2 atom stereocenters. The van der Waals surface area contributed by atoms with Crippen molar-refractivity contribution >= 4 is 16.6 Å². The maximum absolute atomic E-state index is 5.80. The summed E-state index contributed by atoms with van der Waals surface area (Å²) in [5.74, 6) is 0.620. The summed E-state index contributed by atoms with van der Waals surface area (Å²) in [7, 11) is 0. The van der Waals surface area contributed by atoms with Gasteiger partial charge in [0.2, 0.25) is 0 Å². The highest BCUT2D eigenvalue weighted by Crippen LogP contribution is 2.28. The van der Waals surface area contributed by atoms with E-state index in [4.69, 9.17) is 5.73 Å². The first-order valence-corrected chi connectivity index (χ1v) is 6.26. The van der Waals surface area contributed by atoms with Gasteiger partial charge in [-0.25, -0.2) is 0 Å². The van der Waals surface area contributed by atoms with Crippen LogP contribution in [0.2, 0.25) is 0 Å². The van der Waals surface area contributed by atoms with Gasteiger partial charge >= 0.3 is 0 Å². The molecule has 90 valence electrons. The normalized spacial score (nSPS) is 24.3. The van der Waals surface area contributed by atoms with Gasteiger partial charge in [0, 0.05) is 17.1 Å². The number of nitrogens with two attached hydrogens (primary N) is 1. The summed E-state index contributed by atoms with van der Waals surface area (Å²) < 4.78 is 0. The lowest BCUT2D eigenvalue weighted by Crippen LogP contribution is -2.29. The first-order valence-electron chi connectivity index (χ1n) is 6.26. The number of benzene rings is 1. The molecule has 0 aliphatic heterocycles. The molecule has 0 spiro atoms. The smallest absolute Gasteiger partial charge is 0.0651 e. The van der Waals surface area contributed by atoms with E-state index in [0.717, 1.165) is 17.4 Å². The van der Waals surface area contributed by atoms with Crippen LogP contribution in [0.5, 0.6) is 0 Å². The molecule has 1 saturated carbocycles. The third-order valence-electron chi connectivity index (χ3n) is 3.75. The number of H-pyrrole nitrogens is 1. The van der Waals surface area contributed by atoms with E-state index in [1.54, 1.807) is 0 Å². The molecule has 2 unspecified atom stereocenters. The largest absolute Gasteiger partial charge is 0.382 e. The van der Waals surface area contributed by atoms with Crippen molar-refractivity contribution in [2.45, 2.75) is 25.3 Å². The Morgan fingerprint density at radius 3 is 3.24 bits per heavy atom. The number of aromatic nitrogens is 2. The van der Waals surface area contributed by atoms with E-state index < -0.39 is 0 Å².